The molecule has 1 amide bonds. The Hall–Kier alpha value is -3.60. The Morgan fingerprint density at radius 3 is 2.41 bits per heavy atom. The summed E-state index contributed by atoms with van der Waals surface area (Å²) in [5.74, 6) is 0.168. The topological polar surface area (TPSA) is 95.8 Å². The lowest BCUT2D eigenvalue weighted by Gasteiger charge is -2.36. The first kappa shape index (κ1) is 23.1. The number of nitrogens with zero attached hydrogens (tertiary/aromatic N) is 4. The van der Waals surface area contributed by atoms with Crippen LogP contribution in [0.1, 0.15) is 42.3 Å². The third-order valence-corrected chi connectivity index (χ3v) is 5.19. The zero-order valence-electron chi connectivity index (χ0n) is 19.1. The highest BCUT2D eigenvalue weighted by Gasteiger charge is 2.27. The summed E-state index contributed by atoms with van der Waals surface area (Å²) >= 11 is 0. The van der Waals surface area contributed by atoms with Gasteiger partial charge < -0.3 is 19.3 Å². The number of nitriles is 1. The minimum Gasteiger partial charge on any atom is -0.465 e. The van der Waals surface area contributed by atoms with Crippen LogP contribution in [0.25, 0.3) is 11.1 Å². The van der Waals surface area contributed by atoms with Gasteiger partial charge in [-0.1, -0.05) is 6.07 Å². The van der Waals surface area contributed by atoms with Crippen LogP contribution in [0.3, 0.4) is 0 Å². The molecule has 3 rings (SSSR count). The molecule has 0 spiro atoms. The number of rotatable bonds is 3. The Kier molecular flexibility index (Phi) is 6.68. The number of aryl methyl sites for hydroxylation is 1. The fourth-order valence-corrected chi connectivity index (χ4v) is 3.54. The fourth-order valence-electron chi connectivity index (χ4n) is 3.54. The van der Waals surface area contributed by atoms with E-state index < -0.39 is 11.6 Å². The van der Waals surface area contributed by atoms with E-state index >= 15 is 0 Å². The molecule has 0 bridgehead atoms. The van der Waals surface area contributed by atoms with Gasteiger partial charge >= 0.3 is 12.1 Å². The van der Waals surface area contributed by atoms with E-state index in [-0.39, 0.29) is 6.09 Å². The van der Waals surface area contributed by atoms with Crippen LogP contribution in [0.4, 0.5) is 10.6 Å². The molecule has 0 unspecified atom stereocenters. The molecule has 1 aliphatic rings. The van der Waals surface area contributed by atoms with Crippen molar-refractivity contribution >= 4 is 17.9 Å². The van der Waals surface area contributed by atoms with Crippen LogP contribution in [0.2, 0.25) is 0 Å². The molecular weight excluding hydrogens is 408 g/mol. The van der Waals surface area contributed by atoms with Gasteiger partial charge in [0.1, 0.15) is 17.5 Å². The van der Waals surface area contributed by atoms with E-state index in [0.717, 1.165) is 16.7 Å². The molecule has 0 radical (unpaired) electrons. The molecule has 8 heteroatoms. The van der Waals surface area contributed by atoms with Crippen molar-refractivity contribution in [3.05, 3.63) is 47.2 Å². The number of ether oxygens (including phenoxy) is 2. The average molecular weight is 437 g/mol. The number of esters is 1. The van der Waals surface area contributed by atoms with Gasteiger partial charge in [0.25, 0.3) is 0 Å². The number of hydrogen-bond donors (Lipinski definition) is 0. The summed E-state index contributed by atoms with van der Waals surface area (Å²) < 4.78 is 10.3. The number of anilines is 1. The zero-order valence-corrected chi connectivity index (χ0v) is 19.1. The Labute approximate surface area is 188 Å². The number of aromatic nitrogens is 1. The Balaban J connectivity index is 1.80. The zero-order chi connectivity index (χ0) is 23.5. The van der Waals surface area contributed by atoms with Crippen molar-refractivity contribution in [2.75, 3.05) is 38.2 Å². The largest absolute Gasteiger partial charge is 0.465 e. The van der Waals surface area contributed by atoms with E-state index in [1.807, 2.05) is 38.7 Å². The minimum atomic E-state index is -0.539. The predicted octanol–water partition coefficient (Wildman–Crippen LogP) is 3.77. The van der Waals surface area contributed by atoms with Crippen molar-refractivity contribution in [3.8, 4) is 17.2 Å². The second kappa shape index (κ2) is 9.27. The molecule has 2 heterocycles. The van der Waals surface area contributed by atoms with Crippen molar-refractivity contribution in [1.29, 1.82) is 5.26 Å². The van der Waals surface area contributed by atoms with Crippen molar-refractivity contribution in [3.63, 3.8) is 0 Å². The van der Waals surface area contributed by atoms with Gasteiger partial charge in [0, 0.05) is 37.9 Å². The van der Waals surface area contributed by atoms with Gasteiger partial charge in [0.15, 0.2) is 0 Å². The highest BCUT2D eigenvalue weighted by Crippen LogP contribution is 2.29. The Bertz CT molecular complexity index is 1060. The average Bonchev–Trinajstić information content (AvgIpc) is 2.77. The minimum absolute atomic E-state index is 0.332. The molecule has 8 nitrogen and oxygen atoms in total. The summed E-state index contributed by atoms with van der Waals surface area (Å²) in [6.07, 6.45) is 1.38. The number of methoxy groups -OCH3 is 1. The first-order chi connectivity index (χ1) is 15.1. The summed E-state index contributed by atoms with van der Waals surface area (Å²) in [5, 5.41) is 9.76. The predicted molar refractivity (Wildman–Crippen MR) is 120 cm³/mol. The van der Waals surface area contributed by atoms with E-state index in [4.69, 9.17) is 9.47 Å². The van der Waals surface area contributed by atoms with Gasteiger partial charge in [-0.05, 0) is 57.0 Å². The number of hydrogen-bond acceptors (Lipinski definition) is 7. The Morgan fingerprint density at radius 2 is 1.81 bits per heavy atom. The summed E-state index contributed by atoms with van der Waals surface area (Å²) in [4.78, 5) is 32.4. The number of piperazine rings is 1. The van der Waals surface area contributed by atoms with Crippen molar-refractivity contribution in [2.24, 2.45) is 0 Å². The lowest BCUT2D eigenvalue weighted by molar-refractivity contribution is 0.0240. The third-order valence-electron chi connectivity index (χ3n) is 5.19. The second-order valence-corrected chi connectivity index (χ2v) is 8.68. The van der Waals surface area contributed by atoms with E-state index in [0.29, 0.717) is 43.1 Å². The lowest BCUT2D eigenvalue weighted by Crippen LogP contribution is -2.50. The molecule has 1 aromatic carbocycles. The summed E-state index contributed by atoms with van der Waals surface area (Å²) in [6.45, 7) is 9.55. The molecule has 0 saturated carbocycles. The van der Waals surface area contributed by atoms with Crippen LogP contribution in [0.5, 0.6) is 0 Å². The molecule has 1 aliphatic heterocycles. The molecule has 0 aliphatic carbocycles. The first-order valence-electron chi connectivity index (χ1n) is 10.5. The number of pyridine rings is 1. The summed E-state index contributed by atoms with van der Waals surface area (Å²) in [7, 11) is 1.34. The van der Waals surface area contributed by atoms with Crippen LogP contribution in [0.15, 0.2) is 30.5 Å². The van der Waals surface area contributed by atoms with E-state index in [1.165, 1.54) is 7.11 Å². The molecule has 1 saturated heterocycles. The van der Waals surface area contributed by atoms with Gasteiger partial charge in [-0.2, -0.15) is 5.26 Å². The molecule has 1 aromatic heterocycles. The first-order valence-corrected chi connectivity index (χ1v) is 10.5. The molecule has 32 heavy (non-hydrogen) atoms. The van der Waals surface area contributed by atoms with Gasteiger partial charge in [-0.3, -0.25) is 0 Å². The quantitative estimate of drug-likeness (QED) is 0.676. The number of benzene rings is 1. The smallest absolute Gasteiger partial charge is 0.410 e. The Morgan fingerprint density at radius 1 is 1.12 bits per heavy atom. The van der Waals surface area contributed by atoms with E-state index in [1.54, 1.807) is 29.3 Å². The maximum absolute atomic E-state index is 12.3. The third kappa shape index (κ3) is 5.17. The standard InChI is InChI=1S/C24H28N4O4/c1-16-6-7-17(22(29)31-5)13-20(16)19-12-18(14-25)21(26-15-19)27-8-10-28(11-9-27)23(30)32-24(2,3)4/h6-7,12-13,15H,8-11H2,1-5H3. The summed E-state index contributed by atoms with van der Waals surface area (Å²) in [6, 6.07) is 9.32. The van der Waals surface area contributed by atoms with Crippen molar-refractivity contribution in [2.45, 2.75) is 33.3 Å². The molecule has 1 fully saturated rings. The molecule has 0 N–H and O–H groups in total. The van der Waals surface area contributed by atoms with Gasteiger partial charge in [0.05, 0.1) is 18.2 Å². The van der Waals surface area contributed by atoms with Crippen LogP contribution in [0, 0.1) is 18.3 Å². The highest BCUT2D eigenvalue weighted by atomic mass is 16.6. The highest BCUT2D eigenvalue weighted by molar-refractivity contribution is 5.91. The SMILES string of the molecule is COC(=O)c1ccc(C)c(-c2cnc(N3CCN(C(=O)OC(C)(C)C)CC3)c(C#N)c2)c1. The maximum atomic E-state index is 12.3. The van der Waals surface area contributed by atoms with Crippen LogP contribution in [-0.4, -0.2) is 60.8 Å². The number of amides is 1. The number of carbonyl (C=O) groups excluding carboxylic acids is 2. The maximum Gasteiger partial charge on any atom is 0.410 e. The van der Waals surface area contributed by atoms with E-state index in [2.05, 4.69) is 11.1 Å². The molecule has 168 valence electrons. The monoisotopic (exact) mass is 436 g/mol. The summed E-state index contributed by atoms with van der Waals surface area (Å²) in [5.41, 5.74) is 2.87. The van der Waals surface area contributed by atoms with Crippen molar-refractivity contribution < 1.29 is 19.1 Å². The van der Waals surface area contributed by atoms with Crippen LogP contribution in [-0.2, 0) is 9.47 Å². The lowest BCUT2D eigenvalue weighted by atomic mass is 9.98. The van der Waals surface area contributed by atoms with Gasteiger partial charge in [-0.25, -0.2) is 14.6 Å². The van der Waals surface area contributed by atoms with E-state index in [9.17, 15) is 14.9 Å². The van der Waals surface area contributed by atoms with Crippen LogP contribution < -0.4 is 4.90 Å². The molecule has 0 atom stereocenters. The van der Waals surface area contributed by atoms with Gasteiger partial charge in [0.2, 0.25) is 0 Å². The van der Waals surface area contributed by atoms with Gasteiger partial charge in [-0.15, -0.1) is 0 Å². The molecular formula is C24H28N4O4. The second-order valence-electron chi connectivity index (χ2n) is 8.68. The normalized spacial score (nSPS) is 14.0. The number of carbonyl (C=O) groups is 2. The molecule has 2 aromatic rings. The fraction of sp³-hybridized carbons (Fsp3) is 0.417. The van der Waals surface area contributed by atoms with Crippen LogP contribution >= 0.6 is 0 Å². The van der Waals surface area contributed by atoms with Crippen molar-refractivity contribution in [1.82, 2.24) is 9.88 Å².